The van der Waals surface area contributed by atoms with Crippen LogP contribution >= 0.6 is 0 Å². The van der Waals surface area contributed by atoms with Crippen LogP contribution in [-0.4, -0.2) is 18.4 Å². The smallest absolute Gasteiger partial charge is 0.323 e. The molecule has 0 bridgehead atoms. The Bertz CT molecular complexity index is 3060. The van der Waals surface area contributed by atoms with Crippen LogP contribution in [0.15, 0.2) is 194 Å². The average Bonchev–Trinajstić information content (AvgIpc) is 3.70. The molecule has 0 saturated heterocycles. The maximum absolute atomic E-state index is 3.31. The van der Waals surface area contributed by atoms with E-state index in [2.05, 4.69) is 223 Å². The second-order valence-corrected chi connectivity index (χ2v) is 19.3. The molecule has 10 aromatic carbocycles. The van der Waals surface area contributed by atoms with Crippen molar-refractivity contribution in [2.75, 3.05) is 0 Å². The zero-order chi connectivity index (χ0) is 41.9. The van der Waals surface area contributed by atoms with E-state index in [0.29, 0.717) is 0 Å². The monoisotopic (exact) mass is 864 g/mol. The second kappa shape index (κ2) is 16.7. The molecule has 0 fully saturated rings. The van der Waals surface area contributed by atoms with E-state index in [1.54, 1.807) is 0 Å². The summed E-state index contributed by atoms with van der Waals surface area (Å²) in [6.07, 6.45) is -2.17. The van der Waals surface area contributed by atoms with Gasteiger partial charge in [0.25, 0.3) is 0 Å². The molecule has 2 aliphatic rings. The third-order valence-corrected chi connectivity index (χ3v) is 14.4. The van der Waals surface area contributed by atoms with Crippen molar-refractivity contribution < 1.29 is 58.2 Å². The van der Waals surface area contributed by atoms with Gasteiger partial charge in [0.15, 0.2) is 0 Å². The molecule has 0 N–H and O–H groups in total. The van der Waals surface area contributed by atoms with Crippen LogP contribution in [0, 0.1) is 12.1 Å². The summed E-state index contributed by atoms with van der Waals surface area (Å²) < 4.78 is 0. The first-order chi connectivity index (χ1) is 29.6. The topological polar surface area (TPSA) is 0 Å². The zero-order valence-electron chi connectivity index (χ0n) is 37.2. The molecule has 0 atom stereocenters. The van der Waals surface area contributed by atoms with Crippen LogP contribution in [0.3, 0.4) is 0 Å². The molecule has 62 heavy (non-hydrogen) atoms. The molecular formula is C58H50B3Rb-4. The molecule has 0 aromatic heterocycles. The van der Waals surface area contributed by atoms with E-state index in [1.807, 2.05) is 24.3 Å². The summed E-state index contributed by atoms with van der Waals surface area (Å²) >= 11 is 0. The first kappa shape index (κ1) is 42.5. The Kier molecular flexibility index (Phi) is 11.5. The average molecular weight is 865 g/mol. The van der Waals surface area contributed by atoms with Crippen LogP contribution in [-0.2, 0) is 0 Å². The molecule has 0 saturated carbocycles. The molecule has 12 rings (SSSR count). The van der Waals surface area contributed by atoms with Gasteiger partial charge in [-0.25, -0.2) is 24.3 Å². The van der Waals surface area contributed by atoms with Gasteiger partial charge in [0.2, 0.25) is 0 Å². The fraction of sp³-hybridized carbons (Fsp3) is 0.103. The Morgan fingerprint density at radius 3 is 1.08 bits per heavy atom. The molecule has 0 unspecified atom stereocenters. The minimum Gasteiger partial charge on any atom is -0.323 e. The summed E-state index contributed by atoms with van der Waals surface area (Å²) in [4.78, 5) is 0. The Balaban J connectivity index is 0.000000121. The van der Waals surface area contributed by atoms with Crippen molar-refractivity contribution in [3.63, 3.8) is 0 Å². The van der Waals surface area contributed by atoms with Gasteiger partial charge in [-0.3, -0.25) is 0 Å². The predicted molar refractivity (Wildman–Crippen MR) is 275 cm³/mol. The molecule has 0 aliphatic carbocycles. The van der Waals surface area contributed by atoms with Crippen LogP contribution in [0.5, 0.6) is 0 Å². The summed E-state index contributed by atoms with van der Waals surface area (Å²) in [5.74, 6) is 0. The summed E-state index contributed by atoms with van der Waals surface area (Å²) in [6.45, 7) is 14.2. The van der Waals surface area contributed by atoms with Crippen LogP contribution < -0.4 is 91.0 Å². The quantitative estimate of drug-likeness (QED) is 0.121. The fourth-order valence-corrected chi connectivity index (χ4v) is 11.1. The number of benzene rings is 10. The maximum atomic E-state index is 3.31. The zero-order valence-corrected chi connectivity index (χ0v) is 42.1. The van der Waals surface area contributed by atoms with E-state index in [0.717, 1.165) is 0 Å². The first-order valence-corrected chi connectivity index (χ1v) is 22.3. The number of rotatable bonds is 2. The van der Waals surface area contributed by atoms with Gasteiger partial charge >= 0.3 is 58.2 Å². The van der Waals surface area contributed by atoms with Gasteiger partial charge < -0.3 is 10.9 Å². The van der Waals surface area contributed by atoms with Gasteiger partial charge in [0.05, 0.1) is 12.3 Å². The Morgan fingerprint density at radius 1 is 0.355 bits per heavy atom. The minimum atomic E-state index is -0.759. The molecule has 0 nitrogen and oxygen atoms in total. The van der Waals surface area contributed by atoms with Crippen molar-refractivity contribution in [3.8, 4) is 22.3 Å². The number of fused-ring (bicyclic) bond motifs is 14. The van der Waals surface area contributed by atoms with Gasteiger partial charge in [0, 0.05) is 0 Å². The predicted octanol–water partition coefficient (Wildman–Crippen LogP) is 8.71. The largest absolute Gasteiger partial charge is 1.00 e. The van der Waals surface area contributed by atoms with E-state index < -0.39 is 18.4 Å². The van der Waals surface area contributed by atoms with Crippen molar-refractivity contribution in [2.45, 2.75) is 40.9 Å². The van der Waals surface area contributed by atoms with Crippen molar-refractivity contribution in [1.82, 2.24) is 0 Å². The molecule has 2 heterocycles. The minimum absolute atomic E-state index is 0. The maximum Gasteiger partial charge on any atom is 1.00 e. The van der Waals surface area contributed by atoms with E-state index in [-0.39, 0.29) is 58.2 Å². The summed E-state index contributed by atoms with van der Waals surface area (Å²) in [5, 5.41) is 10.9. The summed E-state index contributed by atoms with van der Waals surface area (Å²) in [6, 6.07) is 76.6. The molecule has 2 aliphatic heterocycles. The van der Waals surface area contributed by atoms with Gasteiger partial charge in [-0.15, -0.1) is 0 Å². The molecule has 0 radical (unpaired) electrons. The first-order valence-electron chi connectivity index (χ1n) is 22.3. The van der Waals surface area contributed by atoms with Crippen LogP contribution in [0.4, 0.5) is 0 Å². The molecule has 0 spiro atoms. The standard InChI is InChI=1S/2C22H18B.C14H14B.Rb/c1-23(2)19-13-11-15-7-3-5-9-17(15)21(19)22-18-10-6-4-8-16(18)12-14-20(22)23;1-23(2)21-17-9-5-3-7-15(17)11-13-19(21)20-14-12-16-8-4-6-10-18(16)22(20)23;1-15(2,13-9-5-3-6-10-13)14-11-7-4-8-12-14;/h2*3-14H,1-2H3;3-9,11H,1-2H3;/q2*-1;-3;+1. The van der Waals surface area contributed by atoms with Crippen LogP contribution in [0.25, 0.3) is 65.3 Å². The number of hydrogen-bond acceptors (Lipinski definition) is 0. The van der Waals surface area contributed by atoms with Crippen molar-refractivity contribution >= 4 is 94.3 Å². The molecular weight excluding hydrogens is 815 g/mol. The van der Waals surface area contributed by atoms with E-state index >= 15 is 0 Å². The fourth-order valence-electron chi connectivity index (χ4n) is 11.1. The van der Waals surface area contributed by atoms with E-state index in [4.69, 9.17) is 0 Å². The van der Waals surface area contributed by atoms with Crippen molar-refractivity contribution in [2.24, 2.45) is 0 Å². The third-order valence-electron chi connectivity index (χ3n) is 14.4. The Morgan fingerprint density at radius 2 is 0.694 bits per heavy atom. The SMILES string of the molecule is C[B-](C)(c1[c-]cccc1)c1[c-]cccc1.C[B-]1(C)c2c(ccc3ccccc23)-c2ccc3ccccc3c21.C[B-]1(C)c2ccc3ccccc3c2-c2c1ccc1ccccc21.[Rb+]. The van der Waals surface area contributed by atoms with E-state index in [9.17, 15) is 0 Å². The summed E-state index contributed by atoms with van der Waals surface area (Å²) in [5.41, 5.74) is 14.4. The summed E-state index contributed by atoms with van der Waals surface area (Å²) in [7, 11) is 0. The van der Waals surface area contributed by atoms with Gasteiger partial charge in [0.1, 0.15) is 0 Å². The number of hydrogen-bond donors (Lipinski definition) is 0. The second-order valence-electron chi connectivity index (χ2n) is 19.3. The van der Waals surface area contributed by atoms with Gasteiger partial charge in [-0.05, 0) is 49.6 Å². The van der Waals surface area contributed by atoms with Gasteiger partial charge in [-0.2, -0.15) is 99.2 Å². The van der Waals surface area contributed by atoms with E-state index in [1.165, 1.54) is 98.1 Å². The third kappa shape index (κ3) is 7.10. The molecule has 296 valence electrons. The van der Waals surface area contributed by atoms with Crippen LogP contribution in [0.2, 0.25) is 40.9 Å². The van der Waals surface area contributed by atoms with Crippen molar-refractivity contribution in [3.05, 3.63) is 206 Å². The van der Waals surface area contributed by atoms with Gasteiger partial charge in [-0.1, -0.05) is 167 Å². The molecule has 0 amide bonds. The normalized spacial score (nSPS) is 13.8. The Hall–Kier alpha value is -4.76. The van der Waals surface area contributed by atoms with Crippen LogP contribution in [0.1, 0.15) is 0 Å². The molecule has 4 heteroatoms. The Labute approximate surface area is 417 Å². The van der Waals surface area contributed by atoms with Crippen molar-refractivity contribution in [1.29, 1.82) is 0 Å². The molecule has 10 aromatic rings.